The van der Waals surface area contributed by atoms with Crippen molar-refractivity contribution in [1.29, 1.82) is 0 Å². The zero-order chi connectivity index (χ0) is 66.2. The SMILES string of the molecule is c1ccc(-c2cccc(-c3nc(-n4c5ccccc5c5cc6c7cc(-c8ccc9c(-c%10nc(-n%11c%12ccccc%12c%12cc%13c%14ccccc%14n%14c%15c%16ccccc%16ccc%15c(c%12%11)c%13%14)c%11ccccc%11n%10)cccc9c8)ccc7n7c8c9ccccc9ccc8c(c54)c67)c4ccccc4n3)c2)cc1. The lowest BCUT2D eigenvalue weighted by Gasteiger charge is -2.14. The summed E-state index contributed by atoms with van der Waals surface area (Å²) < 4.78 is 9.97. The minimum absolute atomic E-state index is 0.674. The number of fused-ring (bicyclic) bond motifs is 27. The van der Waals surface area contributed by atoms with E-state index in [1.807, 2.05) is 0 Å². The van der Waals surface area contributed by atoms with Gasteiger partial charge in [-0.15, -0.1) is 0 Å². The maximum Gasteiger partial charge on any atom is 0.162 e. The highest BCUT2D eigenvalue weighted by atomic mass is 15.1. The summed E-state index contributed by atoms with van der Waals surface area (Å²) in [6.45, 7) is 0. The summed E-state index contributed by atoms with van der Waals surface area (Å²) in [5, 5.41) is 23.5. The number of benzene rings is 16. The molecule has 0 spiro atoms. The second-order valence-electron chi connectivity index (χ2n) is 27.5. The Morgan fingerprint density at radius 2 is 0.627 bits per heavy atom. The maximum absolute atomic E-state index is 5.81. The predicted molar refractivity (Wildman–Crippen MR) is 425 cm³/mol. The monoisotopic (exact) mass is 1290 g/mol. The number of hydrogen-bond acceptors (Lipinski definition) is 4. The first kappa shape index (κ1) is 54.2. The topological polar surface area (TPSA) is 70.2 Å². The Balaban J connectivity index is 0.705. The molecule has 8 heteroatoms. The van der Waals surface area contributed by atoms with Crippen LogP contribution in [0.3, 0.4) is 0 Å². The zero-order valence-corrected chi connectivity index (χ0v) is 54.6. The highest BCUT2D eigenvalue weighted by Crippen LogP contribution is 2.52. The van der Waals surface area contributed by atoms with Gasteiger partial charge in [0.1, 0.15) is 11.6 Å². The van der Waals surface area contributed by atoms with Crippen LogP contribution in [0.15, 0.2) is 315 Å². The van der Waals surface area contributed by atoms with E-state index in [2.05, 4.69) is 333 Å². The van der Waals surface area contributed by atoms with Crippen molar-refractivity contribution in [3.8, 4) is 56.7 Å². The molecule has 8 heterocycles. The Morgan fingerprint density at radius 1 is 0.196 bits per heavy atom. The number of para-hydroxylation sites is 5. The summed E-state index contributed by atoms with van der Waals surface area (Å²) in [5.74, 6) is 3.04. The molecule has 0 bridgehead atoms. The van der Waals surface area contributed by atoms with E-state index in [-0.39, 0.29) is 0 Å². The molecule has 8 aromatic heterocycles. The van der Waals surface area contributed by atoms with Gasteiger partial charge in [-0.1, -0.05) is 237 Å². The highest BCUT2D eigenvalue weighted by Gasteiger charge is 2.30. The normalized spacial score (nSPS) is 12.5. The number of rotatable bonds is 6. The van der Waals surface area contributed by atoms with Crippen LogP contribution in [-0.4, -0.2) is 37.9 Å². The Bertz CT molecular complexity index is 7820. The molecular weight excluding hydrogens is 1240 g/mol. The van der Waals surface area contributed by atoms with Crippen LogP contribution < -0.4 is 0 Å². The first-order valence-electron chi connectivity index (χ1n) is 34.9. The lowest BCUT2D eigenvalue weighted by Crippen LogP contribution is -2.03. The van der Waals surface area contributed by atoms with Crippen LogP contribution in [0.2, 0.25) is 0 Å². The lowest BCUT2D eigenvalue weighted by molar-refractivity contribution is 1.08. The summed E-state index contributed by atoms with van der Waals surface area (Å²) in [6.07, 6.45) is 0. The molecular formula is C94H52N8. The van der Waals surface area contributed by atoms with Crippen LogP contribution in [0.4, 0.5) is 0 Å². The van der Waals surface area contributed by atoms with E-state index >= 15 is 0 Å². The van der Waals surface area contributed by atoms with Crippen LogP contribution >= 0.6 is 0 Å². The van der Waals surface area contributed by atoms with Crippen LogP contribution in [0.1, 0.15) is 0 Å². The molecule has 0 amide bonds. The second-order valence-corrected chi connectivity index (χ2v) is 27.5. The molecule has 0 aliphatic rings. The largest absolute Gasteiger partial charge is 0.307 e. The fourth-order valence-corrected chi connectivity index (χ4v) is 18.0. The summed E-state index contributed by atoms with van der Waals surface area (Å²) in [4.78, 5) is 22.3. The molecule has 0 aliphatic heterocycles. The third-order valence-corrected chi connectivity index (χ3v) is 22.3. The minimum Gasteiger partial charge on any atom is -0.307 e. The van der Waals surface area contributed by atoms with Crippen LogP contribution in [0.25, 0.3) is 231 Å². The summed E-state index contributed by atoms with van der Waals surface area (Å²) >= 11 is 0. The first-order chi connectivity index (χ1) is 50.6. The molecule has 0 unspecified atom stereocenters. The maximum atomic E-state index is 5.81. The number of nitrogens with zero attached hydrogens (tertiary/aromatic N) is 8. The molecule has 0 saturated carbocycles. The lowest BCUT2D eigenvalue weighted by atomic mass is 9.96. The van der Waals surface area contributed by atoms with Gasteiger partial charge in [0.2, 0.25) is 0 Å². The molecule has 0 radical (unpaired) electrons. The minimum atomic E-state index is 0.674. The van der Waals surface area contributed by atoms with Crippen molar-refractivity contribution in [2.45, 2.75) is 0 Å². The predicted octanol–water partition coefficient (Wildman–Crippen LogP) is 24.2. The smallest absolute Gasteiger partial charge is 0.162 e. The van der Waals surface area contributed by atoms with E-state index in [1.54, 1.807) is 0 Å². The molecule has 24 aromatic rings. The Kier molecular flexibility index (Phi) is 10.6. The molecule has 0 fully saturated rings. The Morgan fingerprint density at radius 3 is 1.26 bits per heavy atom. The van der Waals surface area contributed by atoms with Gasteiger partial charge in [-0.25, -0.2) is 19.9 Å². The molecule has 16 aromatic carbocycles. The van der Waals surface area contributed by atoms with Gasteiger partial charge in [-0.05, 0) is 123 Å². The van der Waals surface area contributed by atoms with Gasteiger partial charge in [0.15, 0.2) is 11.6 Å². The average molecular weight is 1290 g/mol. The standard InChI is InChI=1S/C94H52N8/c1-2-20-53(21-3-1)56-24-18-26-60(49-56)91-95-77-35-13-8-32-68(77)93(97-91)101-80-38-16-12-31-66(80)75-52-76-72-50-58(43-47-82(72)100-86-63-28-7-5-23-55(63)41-46-71(86)84(88(76)100)90(75)101)57-42-44-61-59(48-57)25-19-34-67(61)92-96-78-36-14-9-33-69(78)94(98-92)102-81-39-17-11-30-65(81)74-51-73-64-29-10-15-37-79(64)99-85-62-27-6-4-22-54(62)40-45-70(85)83(87(73)99)89(74)102/h1-52H. The van der Waals surface area contributed by atoms with Crippen molar-refractivity contribution in [1.82, 2.24) is 37.9 Å². The van der Waals surface area contributed by atoms with Crippen LogP contribution in [-0.2, 0) is 0 Å². The molecule has 102 heavy (non-hydrogen) atoms. The second kappa shape index (κ2) is 19.9. The fraction of sp³-hybridized carbons (Fsp3) is 0. The van der Waals surface area contributed by atoms with Crippen molar-refractivity contribution in [2.75, 3.05) is 0 Å². The van der Waals surface area contributed by atoms with Crippen molar-refractivity contribution in [3.05, 3.63) is 315 Å². The van der Waals surface area contributed by atoms with E-state index in [0.29, 0.717) is 11.6 Å². The van der Waals surface area contributed by atoms with Gasteiger partial charge in [0, 0.05) is 97.3 Å². The molecule has 0 atom stereocenters. The Labute approximate surface area is 580 Å². The van der Waals surface area contributed by atoms with E-state index in [1.165, 1.54) is 108 Å². The van der Waals surface area contributed by atoms with E-state index in [0.717, 1.165) is 111 Å². The molecule has 0 aliphatic carbocycles. The summed E-state index contributed by atoms with van der Waals surface area (Å²) in [6, 6.07) is 115. The average Bonchev–Trinajstić information content (AvgIpc) is 1.51. The highest BCUT2D eigenvalue weighted by molar-refractivity contribution is 6.38. The molecule has 24 rings (SSSR count). The number of aromatic nitrogens is 8. The van der Waals surface area contributed by atoms with Crippen LogP contribution in [0.5, 0.6) is 0 Å². The summed E-state index contributed by atoms with van der Waals surface area (Å²) in [7, 11) is 0. The van der Waals surface area contributed by atoms with E-state index < -0.39 is 0 Å². The van der Waals surface area contributed by atoms with Crippen molar-refractivity contribution < 1.29 is 0 Å². The van der Waals surface area contributed by atoms with Gasteiger partial charge in [0.05, 0.1) is 66.2 Å². The van der Waals surface area contributed by atoms with Gasteiger partial charge in [0.25, 0.3) is 0 Å². The Hall–Kier alpha value is -13.8. The van der Waals surface area contributed by atoms with E-state index in [9.17, 15) is 0 Å². The van der Waals surface area contributed by atoms with Gasteiger partial charge < -0.3 is 8.80 Å². The van der Waals surface area contributed by atoms with Gasteiger partial charge in [-0.2, -0.15) is 0 Å². The number of hydrogen-bond donors (Lipinski definition) is 0. The van der Waals surface area contributed by atoms with Gasteiger partial charge >= 0.3 is 0 Å². The third kappa shape index (κ3) is 7.18. The third-order valence-electron chi connectivity index (χ3n) is 22.3. The fourth-order valence-electron chi connectivity index (χ4n) is 18.0. The van der Waals surface area contributed by atoms with Crippen LogP contribution in [0, 0.1) is 0 Å². The van der Waals surface area contributed by atoms with Gasteiger partial charge in [-0.3, -0.25) is 9.13 Å². The van der Waals surface area contributed by atoms with E-state index in [4.69, 9.17) is 19.9 Å². The summed E-state index contributed by atoms with van der Waals surface area (Å²) in [5.41, 5.74) is 19.9. The molecule has 468 valence electrons. The van der Waals surface area contributed by atoms with Crippen molar-refractivity contribution in [2.24, 2.45) is 0 Å². The quantitative estimate of drug-likeness (QED) is 0.166. The molecule has 0 saturated heterocycles. The van der Waals surface area contributed by atoms with Crippen molar-refractivity contribution in [3.63, 3.8) is 0 Å². The molecule has 8 nitrogen and oxygen atoms in total. The molecule has 0 N–H and O–H groups in total. The first-order valence-corrected chi connectivity index (χ1v) is 34.9. The van der Waals surface area contributed by atoms with Crippen molar-refractivity contribution >= 4 is 174 Å². The zero-order valence-electron chi connectivity index (χ0n) is 54.6.